The third-order valence-electron chi connectivity index (χ3n) is 0.869. The first-order chi connectivity index (χ1) is 3.43. The zero-order valence-corrected chi connectivity index (χ0v) is 5.19. The summed E-state index contributed by atoms with van der Waals surface area (Å²) in [4.78, 5) is 0. The molecule has 7 heavy (non-hydrogen) atoms. The van der Waals surface area contributed by atoms with E-state index in [1.807, 2.05) is 18.2 Å². The number of hydrogen-bond donors (Lipinski definition) is 0. The second kappa shape index (κ2) is 2.24. The first-order valence-electron chi connectivity index (χ1n) is 2.12. The van der Waals surface area contributed by atoms with Gasteiger partial charge in [0, 0.05) is 0 Å². The molecule has 0 radical (unpaired) electrons. The Kier molecular flexibility index (Phi) is 1.61. The van der Waals surface area contributed by atoms with Crippen LogP contribution in [0.5, 0.6) is 0 Å². The van der Waals surface area contributed by atoms with Gasteiger partial charge in [-0.05, 0) is 0 Å². The van der Waals surface area contributed by atoms with E-state index in [9.17, 15) is 3.67 Å². The van der Waals surface area contributed by atoms with E-state index in [4.69, 9.17) is 0 Å². The van der Waals surface area contributed by atoms with Crippen molar-refractivity contribution in [1.29, 1.82) is 0 Å². The Hall–Kier alpha value is -0.136. The number of allylic oxidation sites excluding steroid dienone is 4. The van der Waals surface area contributed by atoms with Crippen molar-refractivity contribution in [3.05, 3.63) is 22.5 Å². The number of hydrogen-bond acceptors (Lipinski definition) is 1. The molecule has 0 saturated heterocycles. The van der Waals surface area contributed by atoms with Crippen LogP contribution in [-0.2, 0) is 19.9 Å². The van der Waals surface area contributed by atoms with Crippen LogP contribution in [0.4, 0.5) is 0 Å². The van der Waals surface area contributed by atoms with Gasteiger partial charge in [-0.2, -0.15) is 0 Å². The Bertz CT molecular complexity index is 135. The second-order valence-corrected chi connectivity index (χ2v) is 2.56. The van der Waals surface area contributed by atoms with Crippen LogP contribution in [0.25, 0.3) is 0 Å². The fourth-order valence-corrected chi connectivity index (χ4v) is 1.01. The minimum atomic E-state index is -0.727. The average molecular weight is 132 g/mol. The summed E-state index contributed by atoms with van der Waals surface area (Å²) in [6.45, 7) is 0. The Morgan fingerprint density at radius 2 is 2.57 bits per heavy atom. The maximum absolute atomic E-state index is 10.1. The Morgan fingerprint density at radius 1 is 1.71 bits per heavy atom. The van der Waals surface area contributed by atoms with Crippen LogP contribution in [0, 0.1) is 0 Å². The zero-order chi connectivity index (χ0) is 5.11. The standard InChI is InChI=1S/C5H5.O.V/c1-2-4-5-3-1;;/h1-3H,4H2;;. The minimum absolute atomic E-state index is 0.727. The predicted molar refractivity (Wildman–Crippen MR) is 22.5 cm³/mol. The summed E-state index contributed by atoms with van der Waals surface area (Å²) in [5.74, 6) is 0. The van der Waals surface area contributed by atoms with Crippen molar-refractivity contribution in [2.75, 3.05) is 0 Å². The summed E-state index contributed by atoms with van der Waals surface area (Å²) in [6, 6.07) is 0. The summed E-state index contributed by atoms with van der Waals surface area (Å²) >= 11 is -0.727. The fraction of sp³-hybridized carbons (Fsp3) is 0.200. The molecule has 0 fully saturated rings. The third kappa shape index (κ3) is 1.11. The molecule has 0 atom stereocenters. The van der Waals surface area contributed by atoms with E-state index >= 15 is 0 Å². The van der Waals surface area contributed by atoms with Gasteiger partial charge in [0.05, 0.1) is 0 Å². The SMILES string of the molecule is [O]=[V][C]1=CC=CC1. The quantitative estimate of drug-likeness (QED) is 0.524. The van der Waals surface area contributed by atoms with Crippen LogP contribution in [0.1, 0.15) is 6.42 Å². The van der Waals surface area contributed by atoms with E-state index in [2.05, 4.69) is 0 Å². The van der Waals surface area contributed by atoms with Gasteiger partial charge in [-0.3, -0.25) is 0 Å². The molecule has 1 nitrogen and oxygen atoms in total. The summed E-state index contributed by atoms with van der Waals surface area (Å²) in [7, 11) is 0. The van der Waals surface area contributed by atoms with Crippen LogP contribution in [0.3, 0.4) is 0 Å². The third-order valence-corrected chi connectivity index (χ3v) is 1.75. The topological polar surface area (TPSA) is 17.1 Å². The van der Waals surface area contributed by atoms with Crippen LogP contribution < -0.4 is 0 Å². The van der Waals surface area contributed by atoms with Crippen molar-refractivity contribution < 1.29 is 19.9 Å². The van der Waals surface area contributed by atoms with Crippen LogP contribution in [0.2, 0.25) is 0 Å². The first kappa shape index (κ1) is 5.01. The van der Waals surface area contributed by atoms with E-state index in [0.717, 1.165) is 10.7 Å². The van der Waals surface area contributed by atoms with Gasteiger partial charge in [0.25, 0.3) is 0 Å². The van der Waals surface area contributed by atoms with Gasteiger partial charge in [0.15, 0.2) is 0 Å². The molecule has 0 spiro atoms. The molecule has 0 unspecified atom stereocenters. The van der Waals surface area contributed by atoms with Crippen molar-refractivity contribution >= 4 is 0 Å². The van der Waals surface area contributed by atoms with Gasteiger partial charge in [0.1, 0.15) is 0 Å². The molecule has 0 aromatic heterocycles. The first-order valence-corrected chi connectivity index (χ1v) is 3.39. The van der Waals surface area contributed by atoms with Crippen LogP contribution in [0.15, 0.2) is 22.5 Å². The van der Waals surface area contributed by atoms with E-state index < -0.39 is 16.2 Å². The van der Waals surface area contributed by atoms with E-state index in [-0.39, 0.29) is 0 Å². The molecule has 0 saturated carbocycles. The Labute approximate surface area is 49.4 Å². The van der Waals surface area contributed by atoms with Gasteiger partial charge in [0.2, 0.25) is 0 Å². The monoisotopic (exact) mass is 132 g/mol. The molecule has 0 bridgehead atoms. The predicted octanol–water partition coefficient (Wildman–Crippen LogP) is 1.26. The summed E-state index contributed by atoms with van der Waals surface area (Å²) in [6.07, 6.45) is 6.81. The molecule has 36 valence electrons. The normalized spacial score (nSPS) is 16.9. The average Bonchev–Trinajstić information content (AvgIpc) is 2.14. The van der Waals surface area contributed by atoms with Crippen molar-refractivity contribution in [3.63, 3.8) is 0 Å². The molecule has 0 amide bonds. The van der Waals surface area contributed by atoms with Crippen molar-refractivity contribution in [1.82, 2.24) is 0 Å². The summed E-state index contributed by atoms with van der Waals surface area (Å²) in [5, 5.41) is 0. The van der Waals surface area contributed by atoms with E-state index in [0.29, 0.717) is 0 Å². The van der Waals surface area contributed by atoms with Gasteiger partial charge in [-0.25, -0.2) is 0 Å². The van der Waals surface area contributed by atoms with Crippen molar-refractivity contribution in [2.24, 2.45) is 0 Å². The Balaban J connectivity index is 2.61. The van der Waals surface area contributed by atoms with E-state index in [1.165, 1.54) is 0 Å². The molecule has 0 aromatic rings. The molecule has 2 heteroatoms. The van der Waals surface area contributed by atoms with Crippen molar-refractivity contribution in [2.45, 2.75) is 6.42 Å². The summed E-state index contributed by atoms with van der Waals surface area (Å²) < 4.78 is 11.2. The number of rotatable bonds is 1. The van der Waals surface area contributed by atoms with Gasteiger partial charge in [-0.1, -0.05) is 0 Å². The molecular weight excluding hydrogens is 127 g/mol. The summed E-state index contributed by atoms with van der Waals surface area (Å²) in [5.41, 5.74) is 0. The molecule has 1 rings (SSSR count). The maximum atomic E-state index is 10.1. The molecule has 0 aliphatic heterocycles. The Morgan fingerprint density at radius 3 is 2.86 bits per heavy atom. The van der Waals surface area contributed by atoms with Crippen LogP contribution >= 0.6 is 0 Å². The van der Waals surface area contributed by atoms with Crippen molar-refractivity contribution in [3.8, 4) is 0 Å². The molecule has 0 heterocycles. The zero-order valence-electron chi connectivity index (χ0n) is 3.79. The van der Waals surface area contributed by atoms with Gasteiger partial charge >= 0.3 is 48.8 Å². The van der Waals surface area contributed by atoms with Gasteiger partial charge < -0.3 is 0 Å². The van der Waals surface area contributed by atoms with Crippen LogP contribution in [-0.4, -0.2) is 0 Å². The van der Waals surface area contributed by atoms with Gasteiger partial charge in [-0.15, -0.1) is 0 Å². The molecular formula is C5H5OV. The molecule has 1 aliphatic carbocycles. The molecule has 0 aromatic carbocycles. The fourth-order valence-electron chi connectivity index (χ4n) is 0.504. The molecule has 1 aliphatic rings. The van der Waals surface area contributed by atoms with E-state index in [1.54, 1.807) is 0 Å². The second-order valence-electron chi connectivity index (χ2n) is 1.38. The molecule has 0 N–H and O–H groups in total.